The fourth-order valence-electron chi connectivity index (χ4n) is 1.03. The average molecular weight is 216 g/mol. The number of aliphatic hydroxyl groups is 1. The summed E-state index contributed by atoms with van der Waals surface area (Å²) in [5.41, 5.74) is 5.65. The van der Waals surface area contributed by atoms with E-state index in [1.165, 1.54) is 6.07 Å². The SMILES string of the molecule is N[C@@H](C(=O)O)[C@@H](O)c1cccc(Cl)c1. The Morgan fingerprint density at radius 2 is 2.14 bits per heavy atom. The highest BCUT2D eigenvalue weighted by Crippen LogP contribution is 2.19. The van der Waals surface area contributed by atoms with Gasteiger partial charge in [0.2, 0.25) is 0 Å². The monoisotopic (exact) mass is 215 g/mol. The second-order valence-corrected chi connectivity index (χ2v) is 3.30. The Morgan fingerprint density at radius 1 is 1.50 bits per heavy atom. The van der Waals surface area contributed by atoms with Crippen molar-refractivity contribution in [1.82, 2.24) is 0 Å². The van der Waals surface area contributed by atoms with E-state index in [1.807, 2.05) is 0 Å². The summed E-state index contributed by atoms with van der Waals surface area (Å²) < 4.78 is 0. The van der Waals surface area contributed by atoms with Crippen molar-refractivity contribution in [1.29, 1.82) is 0 Å². The molecule has 0 saturated carbocycles. The minimum Gasteiger partial charge on any atom is -0.480 e. The maximum atomic E-state index is 10.5. The van der Waals surface area contributed by atoms with Crippen LogP contribution in [0.2, 0.25) is 5.02 Å². The van der Waals surface area contributed by atoms with E-state index in [0.717, 1.165) is 0 Å². The number of halogens is 1. The topological polar surface area (TPSA) is 83.6 Å². The average Bonchev–Trinajstić information content (AvgIpc) is 2.15. The van der Waals surface area contributed by atoms with Gasteiger partial charge >= 0.3 is 5.97 Å². The van der Waals surface area contributed by atoms with Crippen molar-refractivity contribution in [2.24, 2.45) is 5.73 Å². The van der Waals surface area contributed by atoms with E-state index in [0.29, 0.717) is 10.6 Å². The highest BCUT2D eigenvalue weighted by atomic mass is 35.5. The Balaban J connectivity index is 2.89. The van der Waals surface area contributed by atoms with E-state index in [4.69, 9.17) is 22.4 Å². The van der Waals surface area contributed by atoms with Crippen LogP contribution in [0.3, 0.4) is 0 Å². The fraction of sp³-hybridized carbons (Fsp3) is 0.222. The number of rotatable bonds is 3. The highest BCUT2D eigenvalue weighted by Gasteiger charge is 2.23. The molecule has 0 heterocycles. The molecule has 0 aliphatic carbocycles. The molecule has 0 unspecified atom stereocenters. The van der Waals surface area contributed by atoms with Crippen molar-refractivity contribution in [2.45, 2.75) is 12.1 Å². The van der Waals surface area contributed by atoms with Crippen LogP contribution in [0.25, 0.3) is 0 Å². The van der Waals surface area contributed by atoms with Gasteiger partial charge in [-0.3, -0.25) is 4.79 Å². The quantitative estimate of drug-likeness (QED) is 0.696. The lowest BCUT2D eigenvalue weighted by Crippen LogP contribution is -2.36. The van der Waals surface area contributed by atoms with Crippen LogP contribution in [0, 0.1) is 0 Å². The predicted molar refractivity (Wildman–Crippen MR) is 52.0 cm³/mol. The van der Waals surface area contributed by atoms with Crippen molar-refractivity contribution in [3.8, 4) is 0 Å². The van der Waals surface area contributed by atoms with Crippen LogP contribution in [-0.2, 0) is 4.79 Å². The first-order valence-corrected chi connectivity index (χ1v) is 4.32. The lowest BCUT2D eigenvalue weighted by Gasteiger charge is -2.15. The minimum atomic E-state index is -1.34. The Hall–Kier alpha value is -1.10. The van der Waals surface area contributed by atoms with Gasteiger partial charge in [0.15, 0.2) is 0 Å². The second-order valence-electron chi connectivity index (χ2n) is 2.86. The van der Waals surface area contributed by atoms with Gasteiger partial charge in [-0.15, -0.1) is 0 Å². The van der Waals surface area contributed by atoms with Gasteiger partial charge in [-0.2, -0.15) is 0 Å². The first-order valence-electron chi connectivity index (χ1n) is 3.94. The summed E-state index contributed by atoms with van der Waals surface area (Å²) in [5, 5.41) is 18.5. The molecule has 5 heteroatoms. The molecule has 1 rings (SSSR count). The molecule has 4 nitrogen and oxygen atoms in total. The number of hydrogen-bond donors (Lipinski definition) is 3. The molecule has 0 bridgehead atoms. The number of benzene rings is 1. The van der Waals surface area contributed by atoms with Crippen LogP contribution in [0.4, 0.5) is 0 Å². The smallest absolute Gasteiger partial charge is 0.323 e. The minimum absolute atomic E-state index is 0.396. The van der Waals surface area contributed by atoms with Gasteiger partial charge in [0.1, 0.15) is 12.1 Å². The maximum absolute atomic E-state index is 10.5. The molecule has 1 aromatic rings. The van der Waals surface area contributed by atoms with E-state index < -0.39 is 18.1 Å². The summed E-state index contributed by atoms with van der Waals surface area (Å²) >= 11 is 5.67. The van der Waals surface area contributed by atoms with Crippen LogP contribution in [0.5, 0.6) is 0 Å². The Morgan fingerprint density at radius 3 is 2.64 bits per heavy atom. The molecule has 76 valence electrons. The number of nitrogens with two attached hydrogens (primary N) is 1. The van der Waals surface area contributed by atoms with Gasteiger partial charge in [-0.05, 0) is 17.7 Å². The summed E-state index contributed by atoms with van der Waals surface area (Å²) in [5.74, 6) is -1.25. The fourth-order valence-corrected chi connectivity index (χ4v) is 1.23. The molecular formula is C9H10ClNO3. The number of aliphatic hydroxyl groups excluding tert-OH is 1. The first-order chi connectivity index (χ1) is 6.52. The summed E-state index contributed by atoms with van der Waals surface area (Å²) in [4.78, 5) is 10.5. The number of carboxylic acid groups (broad SMARTS) is 1. The summed E-state index contributed by atoms with van der Waals surface area (Å²) in [6, 6.07) is 4.96. The number of carboxylic acids is 1. The third kappa shape index (κ3) is 2.45. The zero-order chi connectivity index (χ0) is 10.7. The standard InChI is InChI=1S/C9H10ClNO3/c10-6-3-1-2-5(4-6)8(12)7(11)9(13)14/h1-4,7-8,12H,11H2,(H,13,14)/t7-,8+/m1/s1. The first kappa shape index (κ1) is 11.0. The molecule has 4 N–H and O–H groups in total. The summed E-state index contributed by atoms with van der Waals surface area (Å²) in [7, 11) is 0. The van der Waals surface area contributed by atoms with Crippen molar-refractivity contribution in [2.75, 3.05) is 0 Å². The Bertz CT molecular complexity index is 343. The number of aliphatic carboxylic acids is 1. The maximum Gasteiger partial charge on any atom is 0.323 e. The Labute approximate surface area is 85.9 Å². The van der Waals surface area contributed by atoms with Crippen molar-refractivity contribution in [3.63, 3.8) is 0 Å². The lowest BCUT2D eigenvalue weighted by molar-refractivity contribution is -0.141. The van der Waals surface area contributed by atoms with E-state index in [9.17, 15) is 9.90 Å². The highest BCUT2D eigenvalue weighted by molar-refractivity contribution is 6.30. The van der Waals surface area contributed by atoms with Crippen LogP contribution < -0.4 is 5.73 Å². The molecule has 0 amide bonds. The van der Waals surface area contributed by atoms with E-state index in [-0.39, 0.29) is 0 Å². The van der Waals surface area contributed by atoms with Crippen molar-refractivity contribution in [3.05, 3.63) is 34.9 Å². The Kier molecular flexibility index (Phi) is 3.46. The molecule has 14 heavy (non-hydrogen) atoms. The predicted octanol–water partition coefficient (Wildman–Crippen LogP) is 0.785. The van der Waals surface area contributed by atoms with Gasteiger partial charge in [0.05, 0.1) is 0 Å². The van der Waals surface area contributed by atoms with Gasteiger partial charge < -0.3 is 15.9 Å². The summed E-state index contributed by atoms with van der Waals surface area (Å²) in [6.45, 7) is 0. The molecule has 0 fully saturated rings. The van der Waals surface area contributed by atoms with Gasteiger partial charge in [-0.1, -0.05) is 23.7 Å². The van der Waals surface area contributed by atoms with Crippen LogP contribution in [-0.4, -0.2) is 22.2 Å². The van der Waals surface area contributed by atoms with Gasteiger partial charge in [0.25, 0.3) is 0 Å². The van der Waals surface area contributed by atoms with Gasteiger partial charge in [-0.25, -0.2) is 0 Å². The molecule has 1 aromatic carbocycles. The van der Waals surface area contributed by atoms with Crippen LogP contribution >= 0.6 is 11.6 Å². The third-order valence-electron chi connectivity index (χ3n) is 1.82. The van der Waals surface area contributed by atoms with Gasteiger partial charge in [0, 0.05) is 5.02 Å². The van der Waals surface area contributed by atoms with E-state index in [2.05, 4.69) is 0 Å². The number of carbonyl (C=O) groups is 1. The molecule has 0 radical (unpaired) electrons. The molecule has 0 aromatic heterocycles. The zero-order valence-electron chi connectivity index (χ0n) is 7.22. The molecule has 0 aliphatic heterocycles. The van der Waals surface area contributed by atoms with E-state index in [1.54, 1.807) is 18.2 Å². The van der Waals surface area contributed by atoms with Crippen molar-refractivity contribution < 1.29 is 15.0 Å². The molecule has 0 saturated heterocycles. The van der Waals surface area contributed by atoms with Crippen LogP contribution in [0.1, 0.15) is 11.7 Å². The van der Waals surface area contributed by atoms with E-state index >= 15 is 0 Å². The largest absolute Gasteiger partial charge is 0.480 e. The zero-order valence-corrected chi connectivity index (χ0v) is 7.98. The summed E-state index contributed by atoms with van der Waals surface area (Å²) in [6.07, 6.45) is -1.24. The molecule has 0 aliphatic rings. The van der Waals surface area contributed by atoms with Crippen LogP contribution in [0.15, 0.2) is 24.3 Å². The third-order valence-corrected chi connectivity index (χ3v) is 2.05. The molecular weight excluding hydrogens is 206 g/mol. The number of hydrogen-bond acceptors (Lipinski definition) is 3. The van der Waals surface area contributed by atoms with Crippen molar-refractivity contribution >= 4 is 17.6 Å². The second kappa shape index (κ2) is 4.41. The molecule has 0 spiro atoms. The lowest BCUT2D eigenvalue weighted by atomic mass is 10.0. The molecule has 2 atom stereocenters. The normalized spacial score (nSPS) is 14.8.